The summed E-state index contributed by atoms with van der Waals surface area (Å²) in [6.07, 6.45) is 2.61. The zero-order valence-electron chi connectivity index (χ0n) is 20.0. The molecule has 0 radical (unpaired) electrons. The summed E-state index contributed by atoms with van der Waals surface area (Å²) in [6, 6.07) is 26.0. The summed E-state index contributed by atoms with van der Waals surface area (Å²) in [5.74, 6) is 1.51. The molecule has 4 heteroatoms. The Morgan fingerprint density at radius 2 is 1.48 bits per heavy atom. The third kappa shape index (κ3) is 6.23. The van der Waals surface area contributed by atoms with Gasteiger partial charge in [0.1, 0.15) is 11.5 Å². The van der Waals surface area contributed by atoms with Crippen LogP contribution in [0.5, 0.6) is 11.5 Å². The molecule has 2 N–H and O–H groups in total. The van der Waals surface area contributed by atoms with Crippen molar-refractivity contribution in [2.75, 3.05) is 0 Å². The Morgan fingerprint density at radius 3 is 2.15 bits per heavy atom. The largest absolute Gasteiger partial charge is 0.457 e. The molecule has 0 aromatic heterocycles. The van der Waals surface area contributed by atoms with Crippen LogP contribution in [0.1, 0.15) is 62.0 Å². The number of ether oxygens (including phenoxy) is 1. The molecule has 0 spiro atoms. The Balaban J connectivity index is 1.41. The summed E-state index contributed by atoms with van der Waals surface area (Å²) in [5.41, 5.74) is 3.00. The highest BCUT2D eigenvalue weighted by molar-refractivity contribution is 5.94. The van der Waals surface area contributed by atoms with Gasteiger partial charge < -0.3 is 15.4 Å². The van der Waals surface area contributed by atoms with Crippen LogP contribution in [0.2, 0.25) is 0 Å². The van der Waals surface area contributed by atoms with Gasteiger partial charge in [-0.25, -0.2) is 0 Å². The molecule has 0 atom stereocenters. The maximum absolute atomic E-state index is 12.9. The van der Waals surface area contributed by atoms with Crippen LogP contribution < -0.4 is 15.4 Å². The lowest BCUT2D eigenvalue weighted by Gasteiger charge is -2.46. The molecular weight excluding hydrogens is 408 g/mol. The van der Waals surface area contributed by atoms with Gasteiger partial charge in [0.2, 0.25) is 0 Å². The molecule has 33 heavy (non-hydrogen) atoms. The maximum atomic E-state index is 12.9. The summed E-state index contributed by atoms with van der Waals surface area (Å²) in [6.45, 7) is 8.76. The van der Waals surface area contributed by atoms with E-state index in [1.807, 2.05) is 60.7 Å². The molecule has 0 unspecified atom stereocenters. The SMILES string of the molecule is CC1(C)CC(NC(=O)c2ccc(Oc3ccccc3Cc3ccccc3)cc2)CC(C)(C)N1. The van der Waals surface area contributed by atoms with Crippen molar-refractivity contribution in [2.24, 2.45) is 0 Å². The van der Waals surface area contributed by atoms with Crippen LogP contribution >= 0.6 is 0 Å². The van der Waals surface area contributed by atoms with E-state index in [2.05, 4.69) is 56.5 Å². The fourth-order valence-corrected chi connectivity index (χ4v) is 5.06. The number of para-hydroxylation sites is 1. The molecule has 1 aliphatic rings. The standard InChI is InChI=1S/C29H34N2O2/c1-28(2)19-24(20-29(3,4)31-28)30-27(32)22-14-16-25(17-15-22)33-26-13-9-8-12-23(26)18-21-10-6-5-7-11-21/h5-17,24,31H,18-20H2,1-4H3,(H,30,32). The highest BCUT2D eigenvalue weighted by Crippen LogP contribution is 2.30. The van der Waals surface area contributed by atoms with Crippen LogP contribution in [-0.4, -0.2) is 23.0 Å². The summed E-state index contributed by atoms with van der Waals surface area (Å²) in [5, 5.41) is 6.89. The van der Waals surface area contributed by atoms with Crippen molar-refractivity contribution in [3.8, 4) is 11.5 Å². The molecule has 4 nitrogen and oxygen atoms in total. The van der Waals surface area contributed by atoms with Crippen molar-refractivity contribution in [1.82, 2.24) is 10.6 Å². The molecule has 0 saturated carbocycles. The van der Waals surface area contributed by atoms with Crippen molar-refractivity contribution < 1.29 is 9.53 Å². The summed E-state index contributed by atoms with van der Waals surface area (Å²) in [7, 11) is 0. The number of hydrogen-bond donors (Lipinski definition) is 2. The zero-order chi connectivity index (χ0) is 23.5. The topological polar surface area (TPSA) is 50.4 Å². The lowest BCUT2D eigenvalue weighted by Crippen LogP contribution is -2.62. The fraction of sp³-hybridized carbons (Fsp3) is 0.345. The molecule has 4 rings (SSSR count). The smallest absolute Gasteiger partial charge is 0.251 e. The predicted octanol–water partition coefficient (Wildman–Crippen LogP) is 6.11. The molecule has 1 aliphatic heterocycles. The second-order valence-electron chi connectivity index (χ2n) is 10.4. The third-order valence-corrected chi connectivity index (χ3v) is 6.08. The van der Waals surface area contributed by atoms with E-state index >= 15 is 0 Å². The minimum Gasteiger partial charge on any atom is -0.457 e. The van der Waals surface area contributed by atoms with Crippen molar-refractivity contribution in [3.63, 3.8) is 0 Å². The van der Waals surface area contributed by atoms with Gasteiger partial charge >= 0.3 is 0 Å². The van der Waals surface area contributed by atoms with E-state index in [1.54, 1.807) is 0 Å². The summed E-state index contributed by atoms with van der Waals surface area (Å²) >= 11 is 0. The fourth-order valence-electron chi connectivity index (χ4n) is 5.06. The lowest BCUT2D eigenvalue weighted by atomic mass is 9.79. The molecule has 3 aromatic rings. The molecule has 0 bridgehead atoms. The van der Waals surface area contributed by atoms with Crippen molar-refractivity contribution in [1.29, 1.82) is 0 Å². The lowest BCUT2D eigenvalue weighted by molar-refractivity contribution is 0.0873. The molecular formula is C29H34N2O2. The number of carbonyl (C=O) groups excluding carboxylic acids is 1. The number of amides is 1. The zero-order valence-corrected chi connectivity index (χ0v) is 20.0. The number of piperidine rings is 1. The second-order valence-corrected chi connectivity index (χ2v) is 10.4. The van der Waals surface area contributed by atoms with Gasteiger partial charge in [0, 0.05) is 29.1 Å². The third-order valence-electron chi connectivity index (χ3n) is 6.08. The van der Waals surface area contributed by atoms with Gasteiger partial charge in [-0.1, -0.05) is 48.5 Å². The summed E-state index contributed by atoms with van der Waals surface area (Å²) in [4.78, 5) is 12.9. The predicted molar refractivity (Wildman–Crippen MR) is 134 cm³/mol. The molecule has 1 amide bonds. The number of benzene rings is 3. The highest BCUT2D eigenvalue weighted by atomic mass is 16.5. The van der Waals surface area contributed by atoms with E-state index in [0.29, 0.717) is 5.56 Å². The number of hydrogen-bond acceptors (Lipinski definition) is 3. The van der Waals surface area contributed by atoms with Gasteiger partial charge in [-0.3, -0.25) is 4.79 Å². The first-order valence-electron chi connectivity index (χ1n) is 11.7. The Kier molecular flexibility index (Phi) is 6.57. The van der Waals surface area contributed by atoms with Crippen molar-refractivity contribution in [2.45, 2.75) is 64.1 Å². The normalized spacial score (nSPS) is 17.3. The van der Waals surface area contributed by atoms with Crippen LogP contribution in [0.25, 0.3) is 0 Å². The first kappa shape index (κ1) is 23.1. The van der Waals surface area contributed by atoms with E-state index < -0.39 is 0 Å². The second kappa shape index (κ2) is 9.40. The monoisotopic (exact) mass is 442 g/mol. The Hall–Kier alpha value is -3.11. The Labute approximate surface area is 197 Å². The quantitative estimate of drug-likeness (QED) is 0.484. The van der Waals surface area contributed by atoms with Crippen LogP contribution in [0.3, 0.4) is 0 Å². The average Bonchev–Trinajstić information content (AvgIpc) is 2.74. The average molecular weight is 443 g/mol. The number of rotatable bonds is 6. The minimum atomic E-state index is -0.0375. The highest BCUT2D eigenvalue weighted by Gasteiger charge is 2.38. The molecule has 172 valence electrons. The van der Waals surface area contributed by atoms with Gasteiger partial charge in [-0.2, -0.15) is 0 Å². The molecule has 1 fully saturated rings. The van der Waals surface area contributed by atoms with Gasteiger partial charge in [0.25, 0.3) is 5.91 Å². The first-order valence-corrected chi connectivity index (χ1v) is 11.7. The number of nitrogens with one attached hydrogen (secondary N) is 2. The molecule has 3 aromatic carbocycles. The van der Waals surface area contributed by atoms with Crippen LogP contribution in [0.15, 0.2) is 78.9 Å². The van der Waals surface area contributed by atoms with Crippen molar-refractivity contribution in [3.05, 3.63) is 95.6 Å². The molecule has 1 saturated heterocycles. The van der Waals surface area contributed by atoms with Gasteiger partial charge in [0.15, 0.2) is 0 Å². The van der Waals surface area contributed by atoms with Crippen molar-refractivity contribution >= 4 is 5.91 Å². The van der Waals surface area contributed by atoms with Gasteiger partial charge in [-0.15, -0.1) is 0 Å². The van der Waals surface area contributed by atoms with E-state index in [0.717, 1.165) is 36.3 Å². The summed E-state index contributed by atoms with van der Waals surface area (Å²) < 4.78 is 6.18. The maximum Gasteiger partial charge on any atom is 0.251 e. The minimum absolute atomic E-state index is 0.00939. The van der Waals surface area contributed by atoms with Crippen LogP contribution in [0.4, 0.5) is 0 Å². The van der Waals surface area contributed by atoms with E-state index in [9.17, 15) is 4.79 Å². The first-order chi connectivity index (χ1) is 15.7. The van der Waals surface area contributed by atoms with Crippen LogP contribution in [-0.2, 0) is 6.42 Å². The molecule has 1 heterocycles. The van der Waals surface area contributed by atoms with Crippen LogP contribution in [0, 0.1) is 0 Å². The van der Waals surface area contributed by atoms with E-state index in [1.165, 1.54) is 5.56 Å². The van der Waals surface area contributed by atoms with Gasteiger partial charge in [-0.05, 0) is 82.0 Å². The molecule has 0 aliphatic carbocycles. The van der Waals surface area contributed by atoms with E-state index in [-0.39, 0.29) is 23.0 Å². The Bertz CT molecular complexity index is 1070. The number of carbonyl (C=O) groups is 1. The Morgan fingerprint density at radius 1 is 0.879 bits per heavy atom. The van der Waals surface area contributed by atoms with E-state index in [4.69, 9.17) is 4.74 Å². The van der Waals surface area contributed by atoms with Gasteiger partial charge in [0.05, 0.1) is 0 Å².